The summed E-state index contributed by atoms with van der Waals surface area (Å²) in [6, 6.07) is -0.553. The Hall–Kier alpha value is -1.68. The van der Waals surface area contributed by atoms with Crippen LogP contribution < -0.4 is 5.32 Å². The zero-order chi connectivity index (χ0) is 13.6. The lowest BCUT2D eigenvalue weighted by Crippen LogP contribution is -2.52. The van der Waals surface area contributed by atoms with Crippen molar-refractivity contribution in [1.82, 2.24) is 10.2 Å². The van der Waals surface area contributed by atoms with E-state index in [4.69, 9.17) is 14.7 Å². The fourth-order valence-electron chi connectivity index (χ4n) is 2.19. The minimum atomic E-state index is -1.31. The first-order valence-corrected chi connectivity index (χ1v) is 5.74. The molecule has 0 unspecified atom stereocenters. The molecule has 1 saturated heterocycles. The number of amidine groups is 1. The number of carbonyl (C=O) groups is 1. The van der Waals surface area contributed by atoms with Crippen LogP contribution in [0.2, 0.25) is 0 Å². The highest BCUT2D eigenvalue weighted by Crippen LogP contribution is 2.26. The van der Waals surface area contributed by atoms with Gasteiger partial charge in [0.25, 0.3) is 0 Å². The monoisotopic (exact) mass is 271 g/mol. The standard InChI is InChI=1S/C10H13N3O6/c14-2-5-6(15)7(16)9(19-5)13-1-4-3-18-12-8(4)11-10(13)17/h1,5-7,9,14-16H,2-3H2,(H,11,12,17)/t5-,6-,7-,9-/m1/s1. The van der Waals surface area contributed by atoms with Crippen LogP contribution in [0.25, 0.3) is 0 Å². The van der Waals surface area contributed by atoms with Gasteiger partial charge in [0, 0.05) is 6.20 Å². The largest absolute Gasteiger partial charge is 0.394 e. The number of aliphatic hydroxyl groups excluding tert-OH is 3. The van der Waals surface area contributed by atoms with Gasteiger partial charge < -0.3 is 24.9 Å². The molecule has 9 heteroatoms. The summed E-state index contributed by atoms with van der Waals surface area (Å²) in [6.45, 7) is -0.239. The molecular weight excluding hydrogens is 258 g/mol. The van der Waals surface area contributed by atoms with Crippen LogP contribution in [0.15, 0.2) is 16.9 Å². The molecule has 0 aromatic carbocycles. The number of hydrogen-bond donors (Lipinski definition) is 4. The van der Waals surface area contributed by atoms with Crippen molar-refractivity contribution < 1.29 is 29.7 Å². The Morgan fingerprint density at radius 1 is 1.47 bits per heavy atom. The topological polar surface area (TPSA) is 124 Å². The third kappa shape index (κ3) is 1.87. The zero-order valence-electron chi connectivity index (χ0n) is 9.76. The summed E-state index contributed by atoms with van der Waals surface area (Å²) in [7, 11) is 0. The number of fused-ring (bicyclic) bond motifs is 1. The van der Waals surface area contributed by atoms with E-state index in [0.717, 1.165) is 4.90 Å². The molecular formula is C10H13N3O6. The van der Waals surface area contributed by atoms with Gasteiger partial charge in [-0.25, -0.2) is 4.79 Å². The Labute approximate surface area is 107 Å². The molecule has 2 amide bonds. The van der Waals surface area contributed by atoms with E-state index in [1.807, 2.05) is 0 Å². The third-order valence-electron chi connectivity index (χ3n) is 3.23. The van der Waals surface area contributed by atoms with Gasteiger partial charge >= 0.3 is 6.03 Å². The summed E-state index contributed by atoms with van der Waals surface area (Å²) in [5, 5.41) is 34.7. The molecule has 0 spiro atoms. The summed E-state index contributed by atoms with van der Waals surface area (Å²) in [5.74, 6) is 0.327. The molecule has 0 aromatic rings. The Kier molecular flexibility index (Phi) is 2.90. The van der Waals surface area contributed by atoms with Gasteiger partial charge in [0.15, 0.2) is 12.1 Å². The first kappa shape index (κ1) is 12.4. The van der Waals surface area contributed by atoms with Crippen molar-refractivity contribution in [2.45, 2.75) is 24.5 Å². The van der Waals surface area contributed by atoms with E-state index in [-0.39, 0.29) is 6.61 Å². The molecule has 104 valence electrons. The second-order valence-corrected chi connectivity index (χ2v) is 4.43. The van der Waals surface area contributed by atoms with Crippen LogP contribution in [0.4, 0.5) is 4.79 Å². The second-order valence-electron chi connectivity index (χ2n) is 4.43. The average molecular weight is 271 g/mol. The average Bonchev–Trinajstić information content (AvgIpc) is 2.95. The van der Waals surface area contributed by atoms with Crippen molar-refractivity contribution in [3.63, 3.8) is 0 Å². The Bertz CT molecular complexity index is 464. The third-order valence-corrected chi connectivity index (χ3v) is 3.23. The van der Waals surface area contributed by atoms with E-state index >= 15 is 0 Å². The molecule has 9 nitrogen and oxygen atoms in total. The van der Waals surface area contributed by atoms with Crippen molar-refractivity contribution in [2.75, 3.05) is 13.2 Å². The highest BCUT2D eigenvalue weighted by Gasteiger charge is 2.47. The van der Waals surface area contributed by atoms with Gasteiger partial charge in [0.05, 0.1) is 12.2 Å². The number of aliphatic hydroxyl groups is 3. The van der Waals surface area contributed by atoms with Crippen molar-refractivity contribution in [3.8, 4) is 0 Å². The molecule has 3 rings (SSSR count). The van der Waals surface area contributed by atoms with Gasteiger partial charge in [-0.2, -0.15) is 0 Å². The van der Waals surface area contributed by atoms with Crippen molar-refractivity contribution >= 4 is 11.9 Å². The lowest BCUT2D eigenvalue weighted by atomic mass is 10.1. The van der Waals surface area contributed by atoms with Gasteiger partial charge in [0.2, 0.25) is 0 Å². The quantitative estimate of drug-likeness (QED) is 0.447. The van der Waals surface area contributed by atoms with E-state index in [9.17, 15) is 15.0 Å². The van der Waals surface area contributed by atoms with Crippen LogP contribution in [0.5, 0.6) is 0 Å². The number of amides is 2. The maximum atomic E-state index is 11.9. The molecule has 0 saturated carbocycles. The number of nitrogens with zero attached hydrogens (tertiary/aromatic N) is 2. The molecule has 0 radical (unpaired) electrons. The normalized spacial score (nSPS) is 37.4. The summed E-state index contributed by atoms with van der Waals surface area (Å²) in [6.07, 6.45) is -3.11. The number of carbonyl (C=O) groups excluding carboxylic acids is 1. The summed E-state index contributed by atoms with van der Waals surface area (Å²) < 4.78 is 5.28. The first-order valence-electron chi connectivity index (χ1n) is 5.74. The van der Waals surface area contributed by atoms with E-state index in [1.165, 1.54) is 6.20 Å². The molecule has 19 heavy (non-hydrogen) atoms. The van der Waals surface area contributed by atoms with Crippen LogP contribution in [0, 0.1) is 0 Å². The smallest absolute Gasteiger partial charge is 0.329 e. The van der Waals surface area contributed by atoms with Crippen LogP contribution in [0.1, 0.15) is 0 Å². The first-order chi connectivity index (χ1) is 9.11. The molecule has 0 aromatic heterocycles. The molecule has 4 atom stereocenters. The highest BCUT2D eigenvalue weighted by molar-refractivity contribution is 6.10. The lowest BCUT2D eigenvalue weighted by Gasteiger charge is -2.30. The van der Waals surface area contributed by atoms with Crippen molar-refractivity contribution in [3.05, 3.63) is 11.8 Å². The minimum absolute atomic E-state index is 0.209. The molecule has 3 aliphatic heterocycles. The van der Waals surface area contributed by atoms with Crippen LogP contribution >= 0.6 is 0 Å². The fourth-order valence-corrected chi connectivity index (χ4v) is 2.19. The van der Waals surface area contributed by atoms with Gasteiger partial charge in [-0.15, -0.1) is 0 Å². The van der Waals surface area contributed by atoms with E-state index < -0.39 is 37.2 Å². The Balaban J connectivity index is 1.84. The summed E-state index contributed by atoms with van der Waals surface area (Å²) in [5.41, 5.74) is 0.636. The fraction of sp³-hybridized carbons (Fsp3) is 0.600. The maximum Gasteiger partial charge on any atom is 0.329 e. The number of urea groups is 1. The van der Waals surface area contributed by atoms with Crippen LogP contribution in [-0.2, 0) is 9.57 Å². The number of nitrogens with one attached hydrogen (secondary N) is 1. The number of oxime groups is 1. The SMILES string of the molecule is O=C1NC2=NOCC2=CN1[C@@H]1O[C@H](CO)[C@@H](O)[C@H]1O. The predicted molar refractivity (Wildman–Crippen MR) is 59.6 cm³/mol. The molecule has 1 fully saturated rings. The second kappa shape index (κ2) is 4.46. The molecule has 4 N–H and O–H groups in total. The van der Waals surface area contributed by atoms with E-state index in [0.29, 0.717) is 11.4 Å². The number of rotatable bonds is 2. The van der Waals surface area contributed by atoms with Gasteiger partial charge in [-0.05, 0) is 0 Å². The van der Waals surface area contributed by atoms with E-state index in [1.54, 1.807) is 0 Å². The van der Waals surface area contributed by atoms with Crippen LogP contribution in [-0.4, -0.2) is 69.8 Å². The molecule has 0 bridgehead atoms. The Morgan fingerprint density at radius 3 is 2.95 bits per heavy atom. The van der Waals surface area contributed by atoms with Gasteiger partial charge in [-0.3, -0.25) is 10.2 Å². The molecule has 3 heterocycles. The summed E-state index contributed by atoms with van der Waals surface area (Å²) in [4.78, 5) is 17.8. The number of ether oxygens (including phenoxy) is 1. The minimum Gasteiger partial charge on any atom is -0.394 e. The van der Waals surface area contributed by atoms with E-state index in [2.05, 4.69) is 10.5 Å². The van der Waals surface area contributed by atoms with Crippen molar-refractivity contribution in [2.24, 2.45) is 5.16 Å². The summed E-state index contributed by atoms with van der Waals surface area (Å²) >= 11 is 0. The van der Waals surface area contributed by atoms with Gasteiger partial charge in [-0.1, -0.05) is 5.16 Å². The molecule has 3 aliphatic rings. The van der Waals surface area contributed by atoms with Crippen molar-refractivity contribution in [1.29, 1.82) is 0 Å². The Morgan fingerprint density at radius 2 is 2.26 bits per heavy atom. The lowest BCUT2D eigenvalue weighted by molar-refractivity contribution is -0.0650. The predicted octanol–water partition coefficient (Wildman–Crippen LogP) is -2.32. The zero-order valence-corrected chi connectivity index (χ0v) is 9.76. The maximum absolute atomic E-state index is 11.9. The highest BCUT2D eigenvalue weighted by atomic mass is 16.6. The molecule has 0 aliphatic carbocycles. The van der Waals surface area contributed by atoms with Gasteiger partial charge in [0.1, 0.15) is 24.9 Å². The van der Waals surface area contributed by atoms with Crippen LogP contribution in [0.3, 0.4) is 0 Å². The number of hydrogen-bond acceptors (Lipinski definition) is 7.